The molecule has 1 atom stereocenters. The first-order valence-electron chi connectivity index (χ1n) is 7.20. The summed E-state index contributed by atoms with van der Waals surface area (Å²) < 4.78 is 9.80. The molecule has 0 aliphatic rings. The molecule has 0 aliphatic carbocycles. The number of rotatable bonds is 11. The van der Waals surface area contributed by atoms with E-state index in [9.17, 15) is 9.59 Å². The number of unbranched alkanes of at least 4 members (excludes halogenated alkanes) is 1. The van der Waals surface area contributed by atoms with Gasteiger partial charge in [-0.2, -0.15) is 0 Å². The van der Waals surface area contributed by atoms with Crippen molar-refractivity contribution in [1.29, 1.82) is 0 Å². The minimum absolute atomic E-state index is 0.104. The van der Waals surface area contributed by atoms with Crippen molar-refractivity contribution in [2.75, 3.05) is 6.61 Å². The Labute approximate surface area is 121 Å². The average molecular weight is 282 g/mol. The first kappa shape index (κ1) is 18.4. The maximum absolute atomic E-state index is 11.7. The molecule has 0 amide bonds. The summed E-state index contributed by atoms with van der Waals surface area (Å²) in [6.07, 6.45) is 5.77. The maximum atomic E-state index is 11.7. The van der Waals surface area contributed by atoms with E-state index >= 15 is 0 Å². The summed E-state index contributed by atoms with van der Waals surface area (Å²) in [4.78, 5) is 22.8. The summed E-state index contributed by atoms with van der Waals surface area (Å²) in [5.41, 5.74) is 0.302. The largest absolute Gasteiger partial charge is 0.462 e. The van der Waals surface area contributed by atoms with Crippen LogP contribution in [0.15, 0.2) is 25.0 Å². The van der Waals surface area contributed by atoms with Crippen molar-refractivity contribution in [3.63, 3.8) is 0 Å². The molecule has 0 bridgehead atoms. The molecule has 4 heteroatoms. The van der Waals surface area contributed by atoms with Gasteiger partial charge in [-0.1, -0.05) is 46.3 Å². The molecule has 114 valence electrons. The molecule has 0 N–H and O–H groups in total. The fraction of sp³-hybridized carbons (Fsp3) is 0.625. The fourth-order valence-corrected chi connectivity index (χ4v) is 1.70. The van der Waals surface area contributed by atoms with Crippen molar-refractivity contribution >= 4 is 11.9 Å². The lowest BCUT2D eigenvalue weighted by Gasteiger charge is -2.15. The summed E-state index contributed by atoms with van der Waals surface area (Å²) in [7, 11) is 0. The van der Waals surface area contributed by atoms with Gasteiger partial charge in [0, 0.05) is 5.57 Å². The van der Waals surface area contributed by atoms with Gasteiger partial charge in [0.25, 0.3) is 0 Å². The van der Waals surface area contributed by atoms with Gasteiger partial charge in [0.15, 0.2) is 0 Å². The summed E-state index contributed by atoms with van der Waals surface area (Å²) in [6.45, 7) is 11.6. The van der Waals surface area contributed by atoms with E-state index in [0.29, 0.717) is 18.1 Å². The molecule has 0 spiro atoms. The standard InChI is InChI=1S/C16H26O4/c1-5-8-9-14(6-2)12-20-16(18)13(4)10-11-15(17)19-7-3/h7,14H,3-6,8-12H2,1-2H3. The number of hydrogen-bond donors (Lipinski definition) is 0. The Morgan fingerprint density at radius 2 is 1.95 bits per heavy atom. The van der Waals surface area contributed by atoms with Crippen LogP contribution in [0.5, 0.6) is 0 Å². The van der Waals surface area contributed by atoms with Crippen molar-refractivity contribution < 1.29 is 19.1 Å². The van der Waals surface area contributed by atoms with E-state index in [-0.39, 0.29) is 12.8 Å². The average Bonchev–Trinajstić information content (AvgIpc) is 2.45. The number of carbonyl (C=O) groups excluding carboxylic acids is 2. The molecule has 0 rings (SSSR count). The molecule has 0 heterocycles. The van der Waals surface area contributed by atoms with Crippen LogP contribution in [-0.4, -0.2) is 18.5 Å². The van der Waals surface area contributed by atoms with Gasteiger partial charge in [0.1, 0.15) is 0 Å². The van der Waals surface area contributed by atoms with E-state index in [1.54, 1.807) is 0 Å². The molecule has 0 aliphatic heterocycles. The van der Waals surface area contributed by atoms with Crippen LogP contribution in [-0.2, 0) is 19.1 Å². The third-order valence-electron chi connectivity index (χ3n) is 3.13. The van der Waals surface area contributed by atoms with Crippen LogP contribution >= 0.6 is 0 Å². The van der Waals surface area contributed by atoms with Gasteiger partial charge in [-0.05, 0) is 18.8 Å². The summed E-state index contributed by atoms with van der Waals surface area (Å²) in [5, 5.41) is 0. The first-order chi connectivity index (χ1) is 9.54. The molecular formula is C16H26O4. The number of carbonyl (C=O) groups is 2. The molecule has 1 unspecified atom stereocenters. The van der Waals surface area contributed by atoms with E-state index in [0.717, 1.165) is 31.9 Å². The number of ether oxygens (including phenoxy) is 2. The molecule has 0 radical (unpaired) electrons. The van der Waals surface area contributed by atoms with Crippen LogP contribution in [0.1, 0.15) is 52.4 Å². The second-order valence-corrected chi connectivity index (χ2v) is 4.78. The highest BCUT2D eigenvalue weighted by atomic mass is 16.5. The smallest absolute Gasteiger partial charge is 0.333 e. The van der Waals surface area contributed by atoms with Crippen molar-refractivity contribution in [3.05, 3.63) is 25.0 Å². The minimum Gasteiger partial charge on any atom is -0.462 e. The highest BCUT2D eigenvalue weighted by Gasteiger charge is 2.14. The van der Waals surface area contributed by atoms with Gasteiger partial charge in [0.05, 0.1) is 19.3 Å². The lowest BCUT2D eigenvalue weighted by Crippen LogP contribution is -2.15. The zero-order valence-electron chi connectivity index (χ0n) is 12.7. The first-order valence-corrected chi connectivity index (χ1v) is 7.20. The Bertz CT molecular complexity index is 333. The number of hydrogen-bond acceptors (Lipinski definition) is 4. The third-order valence-corrected chi connectivity index (χ3v) is 3.13. The van der Waals surface area contributed by atoms with Crippen molar-refractivity contribution in [2.45, 2.75) is 52.4 Å². The molecule has 0 aromatic carbocycles. The Kier molecular flexibility index (Phi) is 10.4. The lowest BCUT2D eigenvalue weighted by molar-refractivity contribution is -0.140. The fourth-order valence-electron chi connectivity index (χ4n) is 1.70. The van der Waals surface area contributed by atoms with Crippen LogP contribution < -0.4 is 0 Å². The monoisotopic (exact) mass is 282 g/mol. The minimum atomic E-state index is -0.427. The van der Waals surface area contributed by atoms with Crippen LogP contribution in [0.4, 0.5) is 0 Å². The predicted molar refractivity (Wildman–Crippen MR) is 78.9 cm³/mol. The van der Waals surface area contributed by atoms with Crippen molar-refractivity contribution in [1.82, 2.24) is 0 Å². The third kappa shape index (κ3) is 8.51. The van der Waals surface area contributed by atoms with Crippen LogP contribution in [0, 0.1) is 5.92 Å². The maximum Gasteiger partial charge on any atom is 0.333 e. The highest BCUT2D eigenvalue weighted by molar-refractivity contribution is 5.88. The summed E-state index contributed by atoms with van der Waals surface area (Å²) in [6, 6.07) is 0. The molecule has 0 fully saturated rings. The van der Waals surface area contributed by atoms with Crippen molar-refractivity contribution in [2.24, 2.45) is 5.92 Å². The second-order valence-electron chi connectivity index (χ2n) is 4.78. The van der Waals surface area contributed by atoms with Gasteiger partial charge in [-0.15, -0.1) is 0 Å². The van der Waals surface area contributed by atoms with Crippen LogP contribution in [0.2, 0.25) is 0 Å². The van der Waals surface area contributed by atoms with Crippen molar-refractivity contribution in [3.8, 4) is 0 Å². The molecular weight excluding hydrogens is 256 g/mol. The molecule has 0 saturated carbocycles. The van der Waals surface area contributed by atoms with Gasteiger partial charge < -0.3 is 9.47 Å². The van der Waals surface area contributed by atoms with Gasteiger partial charge in [-0.25, -0.2) is 4.79 Å². The predicted octanol–water partition coefficient (Wildman–Crippen LogP) is 3.77. The second kappa shape index (κ2) is 11.3. The Balaban J connectivity index is 3.97. The van der Waals surface area contributed by atoms with Gasteiger partial charge >= 0.3 is 11.9 Å². The molecule has 0 saturated heterocycles. The van der Waals surface area contributed by atoms with E-state index < -0.39 is 11.9 Å². The quantitative estimate of drug-likeness (QED) is 0.329. The zero-order valence-corrected chi connectivity index (χ0v) is 12.7. The summed E-state index contributed by atoms with van der Waals surface area (Å²) >= 11 is 0. The zero-order chi connectivity index (χ0) is 15.4. The Morgan fingerprint density at radius 1 is 1.25 bits per heavy atom. The van der Waals surface area contributed by atoms with E-state index in [4.69, 9.17) is 4.74 Å². The Hall–Kier alpha value is -1.58. The SMILES string of the molecule is C=COC(=O)CCC(=C)C(=O)OCC(CC)CCCC. The highest BCUT2D eigenvalue weighted by Crippen LogP contribution is 2.14. The van der Waals surface area contributed by atoms with Gasteiger partial charge in [0.2, 0.25) is 0 Å². The summed E-state index contributed by atoms with van der Waals surface area (Å²) in [5.74, 6) is -0.452. The molecule has 4 nitrogen and oxygen atoms in total. The van der Waals surface area contributed by atoms with E-state index in [1.807, 2.05) is 0 Å². The topological polar surface area (TPSA) is 52.6 Å². The van der Waals surface area contributed by atoms with Crippen LogP contribution in [0.25, 0.3) is 0 Å². The van der Waals surface area contributed by atoms with E-state index in [2.05, 4.69) is 31.7 Å². The normalized spacial score (nSPS) is 11.5. The molecule has 20 heavy (non-hydrogen) atoms. The Morgan fingerprint density at radius 3 is 2.50 bits per heavy atom. The van der Waals surface area contributed by atoms with Gasteiger partial charge in [-0.3, -0.25) is 4.79 Å². The van der Waals surface area contributed by atoms with E-state index in [1.165, 1.54) is 0 Å². The van der Waals surface area contributed by atoms with Crippen LogP contribution in [0.3, 0.4) is 0 Å². The number of esters is 2. The molecule has 0 aromatic heterocycles. The lowest BCUT2D eigenvalue weighted by atomic mass is 10.0. The molecule has 0 aromatic rings.